The first-order valence-corrected chi connectivity index (χ1v) is 9.95. The molecule has 0 radical (unpaired) electrons. The molecule has 1 aromatic rings. The van der Waals surface area contributed by atoms with Crippen LogP contribution in [0.25, 0.3) is 0 Å². The number of hydrogen-bond donors (Lipinski definition) is 2. The number of likely N-dealkylation sites (tertiary alicyclic amines) is 1. The van der Waals surface area contributed by atoms with Gasteiger partial charge in [0.15, 0.2) is 0 Å². The van der Waals surface area contributed by atoms with Crippen molar-refractivity contribution in [2.24, 2.45) is 23.5 Å². The summed E-state index contributed by atoms with van der Waals surface area (Å²) in [5.41, 5.74) is 7.70. The Balaban J connectivity index is 0.00000131. The summed E-state index contributed by atoms with van der Waals surface area (Å²) in [6.07, 6.45) is 5.67. The molecule has 0 spiro atoms. The Morgan fingerprint density at radius 2 is 1.81 bits per heavy atom. The number of benzene rings is 1. The molecule has 1 saturated heterocycles. The topological polar surface area (TPSA) is 58.4 Å². The lowest BCUT2D eigenvalue weighted by atomic mass is 9.84. The van der Waals surface area contributed by atoms with Crippen LogP contribution in [0.15, 0.2) is 30.3 Å². The van der Waals surface area contributed by atoms with E-state index in [1.165, 1.54) is 24.8 Å². The molecule has 152 valence electrons. The molecular formula is C21H33Cl2N3O. The molecular weight excluding hydrogens is 381 g/mol. The van der Waals surface area contributed by atoms with Gasteiger partial charge in [-0.05, 0) is 56.4 Å². The van der Waals surface area contributed by atoms with Crippen LogP contribution in [0.2, 0.25) is 0 Å². The number of nitrogens with two attached hydrogens (primary N) is 1. The minimum absolute atomic E-state index is 0. The molecule has 4 nitrogen and oxygen atoms in total. The molecule has 27 heavy (non-hydrogen) atoms. The van der Waals surface area contributed by atoms with Gasteiger partial charge in [0.25, 0.3) is 0 Å². The predicted molar refractivity (Wildman–Crippen MR) is 114 cm³/mol. The fourth-order valence-electron chi connectivity index (χ4n) is 5.43. The van der Waals surface area contributed by atoms with Crippen LogP contribution in [-0.4, -0.2) is 35.5 Å². The number of rotatable bonds is 4. The van der Waals surface area contributed by atoms with Gasteiger partial charge in [0.1, 0.15) is 0 Å². The average molecular weight is 414 g/mol. The maximum atomic E-state index is 12.8. The fourth-order valence-corrected chi connectivity index (χ4v) is 5.43. The second-order valence-corrected chi connectivity index (χ2v) is 8.47. The highest BCUT2D eigenvalue weighted by atomic mass is 35.5. The summed E-state index contributed by atoms with van der Waals surface area (Å²) in [5, 5.41) is 3.35. The van der Waals surface area contributed by atoms with Crippen LogP contribution in [-0.2, 0) is 11.3 Å². The standard InChI is InChI=1S/C21H31N3O.2ClH/c1-14-11-18(9-10-24(14)13-15-5-3-2-4-6-15)23-21(25)19-16-7-8-17(12-16)20(19)22;;/h2-6,14,16-20H,7-13,22H2,1H3,(H,23,25);2*1H. The molecule has 3 aliphatic rings. The molecule has 1 heterocycles. The van der Waals surface area contributed by atoms with E-state index in [2.05, 4.69) is 47.5 Å². The lowest BCUT2D eigenvalue weighted by Crippen LogP contribution is -2.52. The smallest absolute Gasteiger partial charge is 0.225 e. The Morgan fingerprint density at radius 1 is 1.11 bits per heavy atom. The summed E-state index contributed by atoms with van der Waals surface area (Å²) in [4.78, 5) is 15.3. The highest BCUT2D eigenvalue weighted by molar-refractivity contribution is 5.85. The molecule has 4 rings (SSSR count). The summed E-state index contributed by atoms with van der Waals surface area (Å²) in [6, 6.07) is 11.5. The van der Waals surface area contributed by atoms with Gasteiger partial charge < -0.3 is 11.1 Å². The highest BCUT2D eigenvalue weighted by Gasteiger charge is 2.49. The van der Waals surface area contributed by atoms with E-state index in [1.807, 2.05) is 0 Å². The third-order valence-corrected chi connectivity index (χ3v) is 6.87. The summed E-state index contributed by atoms with van der Waals surface area (Å²) in [6.45, 7) is 4.33. The van der Waals surface area contributed by atoms with Gasteiger partial charge in [-0.15, -0.1) is 24.8 Å². The molecule has 1 aromatic carbocycles. The molecule has 3 N–H and O–H groups in total. The number of piperidine rings is 1. The molecule has 2 saturated carbocycles. The monoisotopic (exact) mass is 413 g/mol. The number of carbonyl (C=O) groups is 1. The molecule has 6 heteroatoms. The average Bonchev–Trinajstić information content (AvgIpc) is 3.19. The van der Waals surface area contributed by atoms with Crippen molar-refractivity contribution in [1.82, 2.24) is 10.2 Å². The van der Waals surface area contributed by atoms with Crippen LogP contribution in [0.5, 0.6) is 0 Å². The Kier molecular flexibility index (Phi) is 7.99. The Hall–Kier alpha value is -0.810. The Morgan fingerprint density at radius 3 is 2.44 bits per heavy atom. The van der Waals surface area contributed by atoms with E-state index in [0.29, 0.717) is 23.9 Å². The van der Waals surface area contributed by atoms with Gasteiger partial charge in [-0.3, -0.25) is 9.69 Å². The zero-order chi connectivity index (χ0) is 17.4. The van der Waals surface area contributed by atoms with E-state index in [-0.39, 0.29) is 42.7 Å². The van der Waals surface area contributed by atoms with Crippen LogP contribution < -0.4 is 11.1 Å². The van der Waals surface area contributed by atoms with E-state index in [4.69, 9.17) is 5.73 Å². The second-order valence-electron chi connectivity index (χ2n) is 8.47. The number of nitrogens with one attached hydrogen (secondary N) is 1. The maximum absolute atomic E-state index is 12.8. The van der Waals surface area contributed by atoms with Crippen molar-refractivity contribution in [2.75, 3.05) is 6.54 Å². The van der Waals surface area contributed by atoms with Gasteiger partial charge in [0, 0.05) is 31.2 Å². The summed E-state index contributed by atoms with van der Waals surface area (Å²) in [7, 11) is 0. The van der Waals surface area contributed by atoms with Gasteiger partial charge in [0.05, 0.1) is 5.92 Å². The number of halogens is 2. The van der Waals surface area contributed by atoms with Crippen molar-refractivity contribution in [2.45, 2.75) is 63.7 Å². The van der Waals surface area contributed by atoms with Crippen molar-refractivity contribution < 1.29 is 4.79 Å². The summed E-state index contributed by atoms with van der Waals surface area (Å²) < 4.78 is 0. The third kappa shape index (κ3) is 4.79. The largest absolute Gasteiger partial charge is 0.353 e. The van der Waals surface area contributed by atoms with E-state index in [9.17, 15) is 4.79 Å². The van der Waals surface area contributed by atoms with Crippen molar-refractivity contribution in [3.05, 3.63) is 35.9 Å². The molecule has 1 aliphatic heterocycles. The van der Waals surface area contributed by atoms with Gasteiger partial charge in [0.2, 0.25) is 5.91 Å². The van der Waals surface area contributed by atoms with E-state index < -0.39 is 0 Å². The minimum atomic E-state index is 0. The van der Waals surface area contributed by atoms with Crippen molar-refractivity contribution in [3.63, 3.8) is 0 Å². The Labute approximate surface area is 175 Å². The highest BCUT2D eigenvalue weighted by Crippen LogP contribution is 2.47. The molecule has 1 amide bonds. The van der Waals surface area contributed by atoms with E-state index in [1.54, 1.807) is 0 Å². The first-order valence-electron chi connectivity index (χ1n) is 9.95. The normalized spacial score (nSPS) is 35.2. The number of amides is 1. The van der Waals surface area contributed by atoms with E-state index in [0.717, 1.165) is 25.9 Å². The predicted octanol–water partition coefficient (Wildman–Crippen LogP) is 3.37. The number of hydrogen-bond acceptors (Lipinski definition) is 3. The van der Waals surface area contributed by atoms with Crippen molar-refractivity contribution in [3.8, 4) is 0 Å². The fraction of sp³-hybridized carbons (Fsp3) is 0.667. The molecule has 2 aliphatic carbocycles. The molecule has 6 atom stereocenters. The zero-order valence-electron chi connectivity index (χ0n) is 16.0. The van der Waals surface area contributed by atoms with Crippen LogP contribution >= 0.6 is 24.8 Å². The van der Waals surface area contributed by atoms with Crippen molar-refractivity contribution in [1.29, 1.82) is 0 Å². The van der Waals surface area contributed by atoms with Crippen LogP contribution in [0.4, 0.5) is 0 Å². The van der Waals surface area contributed by atoms with Gasteiger partial charge in [-0.1, -0.05) is 30.3 Å². The second kappa shape index (κ2) is 9.60. The number of carbonyl (C=O) groups excluding carboxylic acids is 1. The lowest BCUT2D eigenvalue weighted by molar-refractivity contribution is -0.128. The lowest BCUT2D eigenvalue weighted by Gasteiger charge is -2.39. The SMILES string of the molecule is CC1CC(NC(=O)C2C3CCC(C3)C2N)CCN1Cc1ccccc1.Cl.Cl. The zero-order valence-corrected chi connectivity index (χ0v) is 17.7. The van der Waals surface area contributed by atoms with Crippen molar-refractivity contribution >= 4 is 30.7 Å². The van der Waals surface area contributed by atoms with Crippen LogP contribution in [0.3, 0.4) is 0 Å². The minimum Gasteiger partial charge on any atom is -0.353 e. The maximum Gasteiger partial charge on any atom is 0.225 e. The number of fused-ring (bicyclic) bond motifs is 2. The third-order valence-electron chi connectivity index (χ3n) is 6.87. The van der Waals surface area contributed by atoms with E-state index >= 15 is 0 Å². The molecule has 3 fully saturated rings. The first-order chi connectivity index (χ1) is 12.1. The van der Waals surface area contributed by atoms with Crippen LogP contribution in [0, 0.1) is 17.8 Å². The quantitative estimate of drug-likeness (QED) is 0.794. The summed E-state index contributed by atoms with van der Waals surface area (Å²) >= 11 is 0. The summed E-state index contributed by atoms with van der Waals surface area (Å²) in [5.74, 6) is 1.42. The number of nitrogens with zero attached hydrogens (tertiary/aromatic N) is 1. The van der Waals surface area contributed by atoms with Gasteiger partial charge in [-0.25, -0.2) is 0 Å². The molecule has 0 aromatic heterocycles. The Bertz CT molecular complexity index is 613. The molecule has 2 bridgehead atoms. The van der Waals surface area contributed by atoms with Gasteiger partial charge >= 0.3 is 0 Å². The van der Waals surface area contributed by atoms with Gasteiger partial charge in [-0.2, -0.15) is 0 Å². The first kappa shape index (κ1) is 22.5. The van der Waals surface area contributed by atoms with Crippen LogP contribution in [0.1, 0.15) is 44.6 Å². The molecule has 6 unspecified atom stereocenters.